The van der Waals surface area contributed by atoms with Crippen molar-refractivity contribution in [3.05, 3.63) is 29.0 Å². The minimum atomic E-state index is -0.539. The summed E-state index contributed by atoms with van der Waals surface area (Å²) in [5, 5.41) is 5.54. The smallest absolute Gasteiger partial charge is 0.226 e. The molecule has 0 unspecified atom stereocenters. The van der Waals surface area contributed by atoms with Gasteiger partial charge in [-0.2, -0.15) is 0 Å². The molecule has 0 aromatic heterocycles. The van der Waals surface area contributed by atoms with E-state index >= 15 is 0 Å². The van der Waals surface area contributed by atoms with Crippen LogP contribution >= 0.6 is 11.6 Å². The molecule has 0 saturated heterocycles. The summed E-state index contributed by atoms with van der Waals surface area (Å²) in [4.78, 5) is 23.5. The van der Waals surface area contributed by atoms with Gasteiger partial charge in [0, 0.05) is 23.9 Å². The zero-order valence-electron chi connectivity index (χ0n) is 11.6. The Labute approximate surface area is 128 Å². The lowest BCUT2D eigenvalue weighted by Gasteiger charge is -2.10. The van der Waals surface area contributed by atoms with E-state index in [1.165, 1.54) is 18.2 Å². The topological polar surface area (TPSA) is 58.2 Å². The maximum Gasteiger partial charge on any atom is 0.226 e. The predicted molar refractivity (Wildman–Crippen MR) is 79.6 cm³/mol. The molecule has 21 heavy (non-hydrogen) atoms. The molecule has 0 radical (unpaired) electrons. The van der Waals surface area contributed by atoms with Crippen LogP contribution in [0.15, 0.2) is 18.2 Å². The highest BCUT2D eigenvalue weighted by molar-refractivity contribution is 6.30. The molecule has 0 bridgehead atoms. The number of carbonyl (C=O) groups excluding carboxylic acids is 2. The fourth-order valence-corrected chi connectivity index (χ4v) is 2.61. The highest BCUT2D eigenvalue weighted by atomic mass is 35.5. The van der Waals surface area contributed by atoms with Gasteiger partial charge in [0.1, 0.15) is 5.82 Å². The molecule has 0 aliphatic heterocycles. The predicted octanol–water partition coefficient (Wildman–Crippen LogP) is 3.11. The van der Waals surface area contributed by atoms with Gasteiger partial charge in [0.05, 0.1) is 5.69 Å². The maximum atomic E-state index is 13.4. The third kappa shape index (κ3) is 4.70. The average Bonchev–Trinajstić information content (AvgIpc) is 2.97. The first-order chi connectivity index (χ1) is 10.1. The van der Waals surface area contributed by atoms with E-state index in [1.54, 1.807) is 0 Å². The van der Waals surface area contributed by atoms with E-state index in [1.807, 2.05) is 0 Å². The van der Waals surface area contributed by atoms with Gasteiger partial charge in [0.15, 0.2) is 0 Å². The van der Waals surface area contributed by atoms with E-state index in [0.717, 1.165) is 25.7 Å². The first-order valence-corrected chi connectivity index (χ1v) is 7.46. The first-order valence-electron chi connectivity index (χ1n) is 7.09. The van der Waals surface area contributed by atoms with Crippen molar-refractivity contribution in [1.29, 1.82) is 0 Å². The van der Waals surface area contributed by atoms with Gasteiger partial charge < -0.3 is 10.6 Å². The number of benzene rings is 1. The molecule has 1 aromatic carbocycles. The molecule has 2 rings (SSSR count). The van der Waals surface area contributed by atoms with Crippen molar-refractivity contribution in [2.45, 2.75) is 32.1 Å². The summed E-state index contributed by atoms with van der Waals surface area (Å²) in [6.07, 6.45) is 4.13. The molecular weight excluding hydrogens is 295 g/mol. The van der Waals surface area contributed by atoms with Crippen molar-refractivity contribution < 1.29 is 14.0 Å². The lowest BCUT2D eigenvalue weighted by molar-refractivity contribution is -0.124. The molecular formula is C15H18ClFN2O2. The summed E-state index contributed by atoms with van der Waals surface area (Å²) in [5.41, 5.74) is 0.0506. The van der Waals surface area contributed by atoms with Gasteiger partial charge in [-0.1, -0.05) is 24.4 Å². The van der Waals surface area contributed by atoms with Crippen molar-refractivity contribution in [2.75, 3.05) is 11.9 Å². The van der Waals surface area contributed by atoms with Crippen LogP contribution < -0.4 is 10.6 Å². The van der Waals surface area contributed by atoms with Gasteiger partial charge >= 0.3 is 0 Å². The SMILES string of the molecule is O=C(CCNC(=O)C1CCCC1)Nc1cc(Cl)ccc1F. The monoisotopic (exact) mass is 312 g/mol. The summed E-state index contributed by atoms with van der Waals surface area (Å²) >= 11 is 5.74. The second-order valence-electron chi connectivity index (χ2n) is 5.19. The fourth-order valence-electron chi connectivity index (χ4n) is 2.44. The van der Waals surface area contributed by atoms with Crippen LogP contribution in [-0.2, 0) is 9.59 Å². The Morgan fingerprint density at radius 1 is 1.29 bits per heavy atom. The quantitative estimate of drug-likeness (QED) is 0.877. The summed E-state index contributed by atoms with van der Waals surface area (Å²) < 4.78 is 13.4. The van der Waals surface area contributed by atoms with Gasteiger partial charge in [0.25, 0.3) is 0 Å². The van der Waals surface area contributed by atoms with E-state index in [4.69, 9.17) is 11.6 Å². The molecule has 4 nitrogen and oxygen atoms in total. The second kappa shape index (κ2) is 7.41. The zero-order chi connectivity index (χ0) is 15.2. The molecule has 114 valence electrons. The largest absolute Gasteiger partial charge is 0.355 e. The molecule has 0 atom stereocenters. The summed E-state index contributed by atoms with van der Waals surface area (Å²) in [7, 11) is 0. The minimum absolute atomic E-state index is 0.00855. The highest BCUT2D eigenvalue weighted by Gasteiger charge is 2.22. The van der Waals surface area contributed by atoms with E-state index in [-0.39, 0.29) is 36.4 Å². The highest BCUT2D eigenvalue weighted by Crippen LogP contribution is 2.24. The fraction of sp³-hybridized carbons (Fsp3) is 0.467. The lowest BCUT2D eigenvalue weighted by Crippen LogP contribution is -2.32. The van der Waals surface area contributed by atoms with Crippen LogP contribution in [0.2, 0.25) is 5.02 Å². The van der Waals surface area contributed by atoms with E-state index in [0.29, 0.717) is 5.02 Å². The van der Waals surface area contributed by atoms with Gasteiger partial charge in [-0.3, -0.25) is 9.59 Å². The number of nitrogens with one attached hydrogen (secondary N) is 2. The Balaban J connectivity index is 1.74. The molecule has 0 heterocycles. The number of hydrogen-bond donors (Lipinski definition) is 2. The molecule has 1 fully saturated rings. The third-order valence-corrected chi connectivity index (χ3v) is 3.81. The normalized spacial score (nSPS) is 15.0. The van der Waals surface area contributed by atoms with Crippen molar-refractivity contribution in [1.82, 2.24) is 5.32 Å². The van der Waals surface area contributed by atoms with Crippen molar-refractivity contribution >= 4 is 29.1 Å². The Morgan fingerprint density at radius 2 is 2.00 bits per heavy atom. The molecule has 1 aliphatic carbocycles. The first kappa shape index (κ1) is 15.8. The van der Waals surface area contributed by atoms with Crippen LogP contribution in [0.25, 0.3) is 0 Å². The van der Waals surface area contributed by atoms with Crippen LogP contribution in [0.3, 0.4) is 0 Å². The van der Waals surface area contributed by atoms with Gasteiger partial charge in [-0.05, 0) is 31.0 Å². The average molecular weight is 313 g/mol. The Kier molecular flexibility index (Phi) is 5.56. The number of amides is 2. The summed E-state index contributed by atoms with van der Waals surface area (Å²) in [6.45, 7) is 0.253. The van der Waals surface area contributed by atoms with Crippen LogP contribution in [0.1, 0.15) is 32.1 Å². The van der Waals surface area contributed by atoms with Crippen LogP contribution in [0.4, 0.5) is 10.1 Å². The standard InChI is InChI=1S/C15H18ClFN2O2/c16-11-5-6-12(17)13(9-11)19-14(20)7-8-18-15(21)10-3-1-2-4-10/h5-6,9-10H,1-4,7-8H2,(H,18,21)(H,19,20). The third-order valence-electron chi connectivity index (χ3n) is 3.58. The van der Waals surface area contributed by atoms with E-state index < -0.39 is 5.82 Å². The number of hydrogen-bond acceptors (Lipinski definition) is 2. The molecule has 6 heteroatoms. The maximum absolute atomic E-state index is 13.4. The Hall–Kier alpha value is -1.62. The zero-order valence-corrected chi connectivity index (χ0v) is 12.4. The summed E-state index contributed by atoms with van der Waals surface area (Å²) in [5.74, 6) is -0.807. The minimum Gasteiger partial charge on any atom is -0.355 e. The van der Waals surface area contributed by atoms with E-state index in [9.17, 15) is 14.0 Å². The summed E-state index contributed by atoms with van der Waals surface area (Å²) in [6, 6.07) is 3.96. The molecule has 1 aromatic rings. The molecule has 2 amide bonds. The number of rotatable bonds is 5. The van der Waals surface area contributed by atoms with Crippen LogP contribution in [0, 0.1) is 11.7 Å². The lowest BCUT2D eigenvalue weighted by atomic mass is 10.1. The second-order valence-corrected chi connectivity index (χ2v) is 5.63. The van der Waals surface area contributed by atoms with Crippen LogP contribution in [-0.4, -0.2) is 18.4 Å². The number of halogens is 2. The molecule has 1 saturated carbocycles. The number of carbonyl (C=O) groups is 2. The molecule has 0 spiro atoms. The van der Waals surface area contributed by atoms with Crippen molar-refractivity contribution in [3.63, 3.8) is 0 Å². The van der Waals surface area contributed by atoms with Gasteiger partial charge in [0.2, 0.25) is 11.8 Å². The van der Waals surface area contributed by atoms with Gasteiger partial charge in [-0.15, -0.1) is 0 Å². The van der Waals surface area contributed by atoms with Gasteiger partial charge in [-0.25, -0.2) is 4.39 Å². The van der Waals surface area contributed by atoms with Crippen molar-refractivity contribution in [2.24, 2.45) is 5.92 Å². The Morgan fingerprint density at radius 3 is 2.71 bits per heavy atom. The molecule has 1 aliphatic rings. The van der Waals surface area contributed by atoms with Crippen molar-refractivity contribution in [3.8, 4) is 0 Å². The Bertz CT molecular complexity index is 530. The van der Waals surface area contributed by atoms with Crippen LogP contribution in [0.5, 0.6) is 0 Å². The number of anilines is 1. The molecule has 2 N–H and O–H groups in total. The van der Waals surface area contributed by atoms with E-state index in [2.05, 4.69) is 10.6 Å².